The standard InChI is InChI=1S/C20H16N4O3S/c21-14-6-4-11(5-7-14)8-13-10-16-18(23-20(22)28-16)17(19(13)25)12-2-1-3-15(9-12)24(26)27/h1-7,9-10,25H,8,21H2,(H2,22,23). The van der Waals surface area contributed by atoms with Gasteiger partial charge in [-0.15, -0.1) is 0 Å². The topological polar surface area (TPSA) is 128 Å². The van der Waals surface area contributed by atoms with Crippen molar-refractivity contribution < 1.29 is 10.0 Å². The average molecular weight is 392 g/mol. The van der Waals surface area contributed by atoms with Crippen molar-refractivity contribution in [2.45, 2.75) is 6.42 Å². The van der Waals surface area contributed by atoms with E-state index in [-0.39, 0.29) is 11.4 Å². The number of non-ortho nitro benzene ring substituents is 1. The van der Waals surface area contributed by atoms with Gasteiger partial charge in [0.05, 0.1) is 20.7 Å². The minimum atomic E-state index is -0.467. The molecule has 3 aromatic carbocycles. The number of nitrogens with zero attached hydrogens (tertiary/aromatic N) is 2. The van der Waals surface area contributed by atoms with E-state index < -0.39 is 4.92 Å². The predicted octanol–water partition coefficient (Wildman–Crippen LogP) is 4.33. The van der Waals surface area contributed by atoms with Crippen LogP contribution in [0.25, 0.3) is 21.3 Å². The summed E-state index contributed by atoms with van der Waals surface area (Å²) in [4.78, 5) is 15.0. The highest BCUT2D eigenvalue weighted by Crippen LogP contribution is 2.42. The van der Waals surface area contributed by atoms with Crippen molar-refractivity contribution in [3.63, 3.8) is 0 Å². The number of nitrogens with two attached hydrogens (primary N) is 2. The third kappa shape index (κ3) is 3.21. The van der Waals surface area contributed by atoms with Gasteiger partial charge in [0, 0.05) is 29.8 Å². The van der Waals surface area contributed by atoms with Crippen LogP contribution in [0.2, 0.25) is 0 Å². The van der Waals surface area contributed by atoms with Crippen molar-refractivity contribution in [1.82, 2.24) is 4.98 Å². The van der Waals surface area contributed by atoms with Gasteiger partial charge in [-0.05, 0) is 29.3 Å². The Hall–Kier alpha value is -3.65. The van der Waals surface area contributed by atoms with Crippen LogP contribution in [-0.2, 0) is 6.42 Å². The highest BCUT2D eigenvalue weighted by molar-refractivity contribution is 7.22. The van der Waals surface area contributed by atoms with Crippen molar-refractivity contribution in [2.24, 2.45) is 0 Å². The van der Waals surface area contributed by atoms with E-state index in [4.69, 9.17) is 11.5 Å². The fourth-order valence-corrected chi connectivity index (χ4v) is 3.97. The molecule has 4 aromatic rings. The number of phenols is 1. The van der Waals surface area contributed by atoms with E-state index in [0.29, 0.717) is 39.4 Å². The summed E-state index contributed by atoms with van der Waals surface area (Å²) in [6.45, 7) is 0. The van der Waals surface area contributed by atoms with Crippen molar-refractivity contribution in [1.29, 1.82) is 0 Å². The lowest BCUT2D eigenvalue weighted by atomic mass is 9.96. The van der Waals surface area contributed by atoms with Gasteiger partial charge in [0.25, 0.3) is 5.69 Å². The van der Waals surface area contributed by atoms with Crippen LogP contribution in [0.15, 0.2) is 54.6 Å². The first-order valence-electron chi connectivity index (χ1n) is 8.42. The first-order valence-corrected chi connectivity index (χ1v) is 9.24. The third-order valence-corrected chi connectivity index (χ3v) is 5.30. The number of fused-ring (bicyclic) bond motifs is 1. The van der Waals surface area contributed by atoms with Crippen LogP contribution in [-0.4, -0.2) is 15.0 Å². The second-order valence-corrected chi connectivity index (χ2v) is 7.45. The Labute approximate surface area is 164 Å². The molecular formula is C20H16N4O3S. The molecule has 0 aliphatic heterocycles. The number of thiazole rings is 1. The van der Waals surface area contributed by atoms with E-state index in [1.807, 2.05) is 18.2 Å². The SMILES string of the molecule is Nc1ccc(Cc2cc3sc(N)nc3c(-c3cccc([N+](=O)[O-])c3)c2O)cc1. The normalized spacial score (nSPS) is 11.0. The van der Waals surface area contributed by atoms with Crippen molar-refractivity contribution in [3.8, 4) is 16.9 Å². The molecule has 0 atom stereocenters. The molecule has 28 heavy (non-hydrogen) atoms. The summed E-state index contributed by atoms with van der Waals surface area (Å²) in [6, 6.07) is 15.4. The van der Waals surface area contributed by atoms with E-state index in [2.05, 4.69) is 4.98 Å². The van der Waals surface area contributed by atoms with Gasteiger partial charge in [0.1, 0.15) is 5.75 Å². The monoisotopic (exact) mass is 392 g/mol. The number of aromatic hydroxyl groups is 1. The number of aromatic nitrogens is 1. The summed E-state index contributed by atoms with van der Waals surface area (Å²) in [5.74, 6) is 0.0372. The van der Waals surface area contributed by atoms with Gasteiger partial charge in [-0.25, -0.2) is 4.98 Å². The summed E-state index contributed by atoms with van der Waals surface area (Å²) < 4.78 is 0.808. The fourth-order valence-electron chi connectivity index (χ4n) is 3.16. The van der Waals surface area contributed by atoms with Crippen LogP contribution in [0.1, 0.15) is 11.1 Å². The Bertz CT molecular complexity index is 1200. The molecule has 4 rings (SSSR count). The van der Waals surface area contributed by atoms with Crippen LogP contribution in [0.3, 0.4) is 0 Å². The molecule has 0 spiro atoms. The number of benzene rings is 3. The average Bonchev–Trinajstić information content (AvgIpc) is 3.03. The zero-order valence-corrected chi connectivity index (χ0v) is 15.4. The molecule has 5 N–H and O–H groups in total. The van der Waals surface area contributed by atoms with Crippen LogP contribution in [0.4, 0.5) is 16.5 Å². The number of hydrogen-bond donors (Lipinski definition) is 3. The Morgan fingerprint density at radius 2 is 1.86 bits per heavy atom. The molecule has 0 radical (unpaired) electrons. The molecule has 8 heteroatoms. The number of rotatable bonds is 4. The van der Waals surface area contributed by atoms with Gasteiger partial charge < -0.3 is 16.6 Å². The molecule has 0 unspecified atom stereocenters. The van der Waals surface area contributed by atoms with Gasteiger partial charge in [0.2, 0.25) is 0 Å². The number of phenolic OH excluding ortho intramolecular Hbond substituents is 1. The molecule has 0 amide bonds. The van der Waals surface area contributed by atoms with Crippen molar-refractivity contribution >= 4 is 38.1 Å². The second-order valence-electron chi connectivity index (χ2n) is 6.38. The third-order valence-electron chi connectivity index (χ3n) is 4.47. The molecule has 0 aliphatic carbocycles. The molecule has 1 aromatic heterocycles. The number of hydrogen-bond acceptors (Lipinski definition) is 7. The second kappa shape index (κ2) is 6.82. The van der Waals surface area contributed by atoms with Crippen LogP contribution < -0.4 is 11.5 Å². The Morgan fingerprint density at radius 3 is 2.57 bits per heavy atom. The lowest BCUT2D eigenvalue weighted by Gasteiger charge is -2.12. The number of nitrogen functional groups attached to an aromatic ring is 2. The Kier molecular flexibility index (Phi) is 4.32. The zero-order valence-electron chi connectivity index (χ0n) is 14.6. The van der Waals surface area contributed by atoms with Crippen LogP contribution >= 0.6 is 11.3 Å². The largest absolute Gasteiger partial charge is 0.507 e. The van der Waals surface area contributed by atoms with Crippen LogP contribution in [0.5, 0.6) is 5.75 Å². The molecule has 0 aliphatic rings. The maximum absolute atomic E-state index is 11.2. The molecule has 0 bridgehead atoms. The lowest BCUT2D eigenvalue weighted by molar-refractivity contribution is -0.384. The number of nitro benzene ring substituents is 1. The molecule has 140 valence electrons. The molecule has 1 heterocycles. The quantitative estimate of drug-likeness (QED) is 0.269. The highest BCUT2D eigenvalue weighted by atomic mass is 32.1. The minimum absolute atomic E-state index is 0.0372. The summed E-state index contributed by atoms with van der Waals surface area (Å²) >= 11 is 1.31. The lowest BCUT2D eigenvalue weighted by Crippen LogP contribution is -1.94. The highest BCUT2D eigenvalue weighted by Gasteiger charge is 2.19. The van der Waals surface area contributed by atoms with Crippen LogP contribution in [0, 0.1) is 10.1 Å². The van der Waals surface area contributed by atoms with E-state index in [1.165, 1.54) is 23.5 Å². The summed E-state index contributed by atoms with van der Waals surface area (Å²) in [5.41, 5.74) is 15.4. The Morgan fingerprint density at radius 1 is 1.11 bits per heavy atom. The Balaban J connectivity index is 1.91. The van der Waals surface area contributed by atoms with E-state index in [0.717, 1.165) is 10.3 Å². The molecule has 0 saturated heterocycles. The van der Waals surface area contributed by atoms with Crippen molar-refractivity contribution in [3.05, 3.63) is 75.8 Å². The predicted molar refractivity (Wildman–Crippen MR) is 111 cm³/mol. The van der Waals surface area contributed by atoms with Crippen molar-refractivity contribution in [2.75, 3.05) is 11.5 Å². The van der Waals surface area contributed by atoms with Gasteiger partial charge in [-0.3, -0.25) is 10.1 Å². The maximum atomic E-state index is 11.2. The van der Waals surface area contributed by atoms with Gasteiger partial charge in [-0.2, -0.15) is 0 Å². The first kappa shape index (κ1) is 17.7. The molecular weight excluding hydrogens is 376 g/mol. The summed E-state index contributed by atoms with van der Waals surface area (Å²) in [7, 11) is 0. The zero-order chi connectivity index (χ0) is 19.8. The summed E-state index contributed by atoms with van der Waals surface area (Å²) in [5, 5.41) is 22.6. The smallest absolute Gasteiger partial charge is 0.270 e. The van der Waals surface area contributed by atoms with Gasteiger partial charge in [-0.1, -0.05) is 35.6 Å². The number of anilines is 2. The maximum Gasteiger partial charge on any atom is 0.270 e. The first-order chi connectivity index (χ1) is 13.4. The van der Waals surface area contributed by atoms with Gasteiger partial charge in [0.15, 0.2) is 5.13 Å². The number of nitro groups is 1. The van der Waals surface area contributed by atoms with Gasteiger partial charge >= 0.3 is 0 Å². The molecule has 0 fully saturated rings. The molecule has 7 nitrogen and oxygen atoms in total. The van der Waals surface area contributed by atoms with E-state index in [1.54, 1.807) is 24.3 Å². The minimum Gasteiger partial charge on any atom is -0.507 e. The summed E-state index contributed by atoms with van der Waals surface area (Å²) in [6.07, 6.45) is 0.474. The fraction of sp³-hybridized carbons (Fsp3) is 0.0500. The molecule has 0 saturated carbocycles. The van der Waals surface area contributed by atoms with E-state index >= 15 is 0 Å². The van der Waals surface area contributed by atoms with E-state index in [9.17, 15) is 15.2 Å².